The molecule has 4 nitrogen and oxygen atoms in total. The van der Waals surface area contributed by atoms with Crippen LogP contribution in [-0.2, 0) is 6.42 Å². The normalized spacial score (nSPS) is 12.5. The van der Waals surface area contributed by atoms with E-state index in [4.69, 9.17) is 0 Å². The summed E-state index contributed by atoms with van der Waals surface area (Å²) in [6.45, 7) is 3.10. The van der Waals surface area contributed by atoms with Crippen molar-refractivity contribution in [1.29, 1.82) is 0 Å². The van der Waals surface area contributed by atoms with Crippen molar-refractivity contribution < 1.29 is 4.39 Å². The molecule has 2 rings (SSSR count). The zero-order valence-corrected chi connectivity index (χ0v) is 12.5. The number of aromatic nitrogens is 3. The Balaban J connectivity index is 1.82. The van der Waals surface area contributed by atoms with E-state index < -0.39 is 0 Å². The molecule has 0 fully saturated rings. The van der Waals surface area contributed by atoms with E-state index in [9.17, 15) is 4.39 Å². The van der Waals surface area contributed by atoms with Gasteiger partial charge < -0.3 is 5.32 Å². The van der Waals surface area contributed by atoms with Gasteiger partial charge in [0.05, 0.1) is 0 Å². The van der Waals surface area contributed by atoms with Crippen LogP contribution in [0.25, 0.3) is 0 Å². The first-order valence-corrected chi connectivity index (χ1v) is 7.62. The van der Waals surface area contributed by atoms with E-state index in [1.165, 1.54) is 18.5 Å². The van der Waals surface area contributed by atoms with Gasteiger partial charge in [-0.2, -0.15) is 5.10 Å². The number of halogens is 1. The van der Waals surface area contributed by atoms with Crippen LogP contribution in [0.2, 0.25) is 0 Å². The average Bonchev–Trinajstić information content (AvgIpc) is 3.01. The molecule has 0 aliphatic rings. The van der Waals surface area contributed by atoms with Crippen LogP contribution in [0.3, 0.4) is 0 Å². The zero-order chi connectivity index (χ0) is 14.9. The summed E-state index contributed by atoms with van der Waals surface area (Å²) in [6, 6.07) is 7.10. The molecule has 21 heavy (non-hydrogen) atoms. The number of H-pyrrole nitrogens is 1. The molecule has 2 aromatic rings. The molecule has 0 saturated carbocycles. The van der Waals surface area contributed by atoms with E-state index in [2.05, 4.69) is 27.4 Å². The maximum atomic E-state index is 13.0. The van der Waals surface area contributed by atoms with Crippen molar-refractivity contribution >= 4 is 0 Å². The van der Waals surface area contributed by atoms with E-state index in [1.54, 1.807) is 0 Å². The van der Waals surface area contributed by atoms with Crippen LogP contribution in [0.4, 0.5) is 4.39 Å². The minimum absolute atomic E-state index is 0.182. The first kappa shape index (κ1) is 15.6. The first-order chi connectivity index (χ1) is 10.3. The third-order valence-electron chi connectivity index (χ3n) is 3.56. The van der Waals surface area contributed by atoms with Gasteiger partial charge in [-0.25, -0.2) is 9.37 Å². The lowest BCUT2D eigenvalue weighted by molar-refractivity contribution is 0.474. The third-order valence-corrected chi connectivity index (χ3v) is 3.56. The smallest absolute Gasteiger partial charge is 0.137 e. The molecule has 5 heteroatoms. The summed E-state index contributed by atoms with van der Waals surface area (Å²) in [5, 5.41) is 10.3. The summed E-state index contributed by atoms with van der Waals surface area (Å²) in [7, 11) is 0. The van der Waals surface area contributed by atoms with Gasteiger partial charge >= 0.3 is 0 Å². The number of hydrogen-bond donors (Lipinski definition) is 2. The SMILES string of the molecule is CCCCC(NCCCc1ncn[nH]1)c1ccc(F)cc1. The van der Waals surface area contributed by atoms with Gasteiger partial charge in [0.15, 0.2) is 0 Å². The van der Waals surface area contributed by atoms with E-state index in [-0.39, 0.29) is 5.82 Å². The third kappa shape index (κ3) is 5.27. The monoisotopic (exact) mass is 290 g/mol. The Morgan fingerprint density at radius 1 is 1.24 bits per heavy atom. The number of nitrogens with one attached hydrogen (secondary N) is 2. The van der Waals surface area contributed by atoms with Crippen LogP contribution in [-0.4, -0.2) is 21.7 Å². The van der Waals surface area contributed by atoms with Crippen molar-refractivity contribution in [2.45, 2.75) is 45.1 Å². The van der Waals surface area contributed by atoms with Gasteiger partial charge in [0.25, 0.3) is 0 Å². The van der Waals surface area contributed by atoms with Crippen LogP contribution >= 0.6 is 0 Å². The largest absolute Gasteiger partial charge is 0.310 e. The summed E-state index contributed by atoms with van der Waals surface area (Å²) in [5.74, 6) is 0.738. The van der Waals surface area contributed by atoms with E-state index in [1.807, 2.05) is 12.1 Å². The van der Waals surface area contributed by atoms with Crippen LogP contribution in [0.1, 0.15) is 50.0 Å². The van der Waals surface area contributed by atoms with Crippen molar-refractivity contribution in [2.24, 2.45) is 0 Å². The standard InChI is InChI=1S/C16H23FN4/c1-2-3-5-15(13-7-9-14(17)10-8-13)18-11-4-6-16-19-12-20-21-16/h7-10,12,15,18H,2-6,11H2,1H3,(H,19,20,21). The molecule has 0 bridgehead atoms. The maximum absolute atomic E-state index is 13.0. The van der Waals surface area contributed by atoms with E-state index in [0.29, 0.717) is 6.04 Å². The summed E-state index contributed by atoms with van der Waals surface area (Å²) < 4.78 is 13.0. The Morgan fingerprint density at radius 3 is 2.71 bits per heavy atom. The zero-order valence-electron chi connectivity index (χ0n) is 12.5. The molecule has 0 saturated heterocycles. The fourth-order valence-electron chi connectivity index (χ4n) is 2.37. The molecular formula is C16H23FN4. The van der Waals surface area contributed by atoms with Crippen molar-refractivity contribution in [2.75, 3.05) is 6.54 Å². The van der Waals surface area contributed by atoms with Crippen LogP contribution in [0.5, 0.6) is 0 Å². The summed E-state index contributed by atoms with van der Waals surface area (Å²) in [4.78, 5) is 4.11. The molecule has 1 heterocycles. The molecule has 0 amide bonds. The molecule has 1 unspecified atom stereocenters. The van der Waals surface area contributed by atoms with Crippen molar-refractivity contribution in [3.8, 4) is 0 Å². The average molecular weight is 290 g/mol. The Bertz CT molecular complexity index is 496. The van der Waals surface area contributed by atoms with Crippen LogP contribution in [0, 0.1) is 5.82 Å². The second-order valence-corrected chi connectivity index (χ2v) is 5.24. The molecule has 0 aliphatic heterocycles. The topological polar surface area (TPSA) is 53.6 Å². The van der Waals surface area contributed by atoms with Gasteiger partial charge in [-0.1, -0.05) is 31.9 Å². The molecule has 1 atom stereocenters. The highest BCUT2D eigenvalue weighted by Gasteiger charge is 2.10. The summed E-state index contributed by atoms with van der Waals surface area (Å²) in [5.41, 5.74) is 1.16. The second kappa shape index (κ2) is 8.52. The summed E-state index contributed by atoms with van der Waals surface area (Å²) >= 11 is 0. The minimum atomic E-state index is -0.182. The highest BCUT2D eigenvalue weighted by atomic mass is 19.1. The fourth-order valence-corrected chi connectivity index (χ4v) is 2.37. The molecule has 0 aliphatic carbocycles. The predicted molar refractivity (Wildman–Crippen MR) is 81.4 cm³/mol. The Labute approximate surface area is 125 Å². The number of rotatable bonds is 9. The molecular weight excluding hydrogens is 267 g/mol. The number of unbranched alkanes of at least 4 members (excludes halogenated alkanes) is 1. The minimum Gasteiger partial charge on any atom is -0.310 e. The fraction of sp³-hybridized carbons (Fsp3) is 0.500. The molecule has 0 spiro atoms. The predicted octanol–water partition coefficient (Wildman–Crippen LogP) is 3.40. The number of aryl methyl sites for hydroxylation is 1. The quantitative estimate of drug-likeness (QED) is 0.696. The van der Waals surface area contributed by atoms with E-state index >= 15 is 0 Å². The van der Waals surface area contributed by atoms with Crippen molar-refractivity contribution in [1.82, 2.24) is 20.5 Å². The van der Waals surface area contributed by atoms with Gasteiger partial charge in [0, 0.05) is 12.5 Å². The lowest BCUT2D eigenvalue weighted by atomic mass is 10.0. The Morgan fingerprint density at radius 2 is 2.05 bits per heavy atom. The Kier molecular flexibility index (Phi) is 6.34. The molecule has 0 radical (unpaired) electrons. The first-order valence-electron chi connectivity index (χ1n) is 7.62. The van der Waals surface area contributed by atoms with Crippen molar-refractivity contribution in [3.63, 3.8) is 0 Å². The lowest BCUT2D eigenvalue weighted by Crippen LogP contribution is -2.23. The van der Waals surface area contributed by atoms with Gasteiger partial charge in [-0.05, 0) is 37.1 Å². The highest BCUT2D eigenvalue weighted by molar-refractivity contribution is 5.19. The van der Waals surface area contributed by atoms with Crippen LogP contribution in [0.15, 0.2) is 30.6 Å². The Hall–Kier alpha value is -1.75. The number of aromatic amines is 1. The number of hydrogen-bond acceptors (Lipinski definition) is 3. The van der Waals surface area contributed by atoms with Crippen molar-refractivity contribution in [3.05, 3.63) is 47.8 Å². The molecule has 2 N–H and O–H groups in total. The van der Waals surface area contributed by atoms with Gasteiger partial charge in [0.1, 0.15) is 18.0 Å². The molecule has 1 aromatic heterocycles. The highest BCUT2D eigenvalue weighted by Crippen LogP contribution is 2.19. The van der Waals surface area contributed by atoms with E-state index in [0.717, 1.165) is 50.0 Å². The number of nitrogens with zero attached hydrogens (tertiary/aromatic N) is 2. The maximum Gasteiger partial charge on any atom is 0.137 e. The van der Waals surface area contributed by atoms with Crippen LogP contribution < -0.4 is 5.32 Å². The molecule has 1 aromatic carbocycles. The molecule has 114 valence electrons. The van der Waals surface area contributed by atoms with Gasteiger partial charge in [-0.15, -0.1) is 0 Å². The second-order valence-electron chi connectivity index (χ2n) is 5.24. The number of benzene rings is 1. The summed E-state index contributed by atoms with van der Waals surface area (Å²) in [6.07, 6.45) is 6.82. The van der Waals surface area contributed by atoms with Gasteiger partial charge in [0.2, 0.25) is 0 Å². The lowest BCUT2D eigenvalue weighted by Gasteiger charge is -2.19. The van der Waals surface area contributed by atoms with Gasteiger partial charge in [-0.3, -0.25) is 5.10 Å².